The van der Waals surface area contributed by atoms with Gasteiger partial charge in [0.2, 0.25) is 0 Å². The van der Waals surface area contributed by atoms with Crippen LogP contribution in [0.15, 0.2) is 72.1 Å². The van der Waals surface area contributed by atoms with Crippen LogP contribution in [0.3, 0.4) is 0 Å². The number of carbonyl (C=O) groups is 1. The lowest BCUT2D eigenvalue weighted by Gasteiger charge is -2.36. The molecule has 0 aliphatic carbocycles. The van der Waals surface area contributed by atoms with Gasteiger partial charge in [0.05, 0.1) is 16.1 Å². The average molecular weight is 501 g/mol. The van der Waals surface area contributed by atoms with Crippen molar-refractivity contribution in [1.82, 2.24) is 14.7 Å². The normalized spacial score (nSPS) is 14.4. The molecular formula is C25H20F4N4OS. The van der Waals surface area contributed by atoms with Crippen LogP contribution in [0, 0.1) is 5.82 Å². The van der Waals surface area contributed by atoms with E-state index in [0.29, 0.717) is 48.9 Å². The maximum absolute atomic E-state index is 13.5. The summed E-state index contributed by atoms with van der Waals surface area (Å²) in [6.45, 7) is 1.49. The number of benzene rings is 2. The van der Waals surface area contributed by atoms with Gasteiger partial charge in [-0.25, -0.2) is 9.07 Å². The van der Waals surface area contributed by atoms with E-state index in [1.807, 2.05) is 22.4 Å². The van der Waals surface area contributed by atoms with Crippen LogP contribution in [0.4, 0.5) is 23.2 Å². The number of aromatic nitrogens is 2. The summed E-state index contributed by atoms with van der Waals surface area (Å²) in [4.78, 5) is 17.9. The molecule has 3 heterocycles. The van der Waals surface area contributed by atoms with E-state index in [2.05, 4.69) is 5.10 Å². The second-order valence-electron chi connectivity index (χ2n) is 8.11. The van der Waals surface area contributed by atoms with E-state index in [9.17, 15) is 22.4 Å². The molecule has 0 radical (unpaired) electrons. The lowest BCUT2D eigenvalue weighted by molar-refractivity contribution is -0.137. The van der Waals surface area contributed by atoms with Crippen LogP contribution in [0.5, 0.6) is 0 Å². The lowest BCUT2D eigenvalue weighted by atomic mass is 10.1. The van der Waals surface area contributed by atoms with Crippen molar-refractivity contribution in [3.63, 3.8) is 0 Å². The van der Waals surface area contributed by atoms with Crippen LogP contribution >= 0.6 is 11.3 Å². The Labute approximate surface area is 202 Å². The number of hydrogen-bond acceptors (Lipinski definition) is 4. The van der Waals surface area contributed by atoms with Crippen molar-refractivity contribution in [2.75, 3.05) is 31.1 Å². The monoisotopic (exact) mass is 500 g/mol. The molecular weight excluding hydrogens is 480 g/mol. The molecule has 0 N–H and O–H groups in total. The van der Waals surface area contributed by atoms with Crippen molar-refractivity contribution in [3.05, 3.63) is 89.2 Å². The maximum Gasteiger partial charge on any atom is 0.416 e. The first kappa shape index (κ1) is 23.1. The van der Waals surface area contributed by atoms with Gasteiger partial charge in [0.15, 0.2) is 0 Å². The summed E-state index contributed by atoms with van der Waals surface area (Å²) in [5, 5.41) is 6.52. The number of halogens is 4. The van der Waals surface area contributed by atoms with Crippen LogP contribution in [0.2, 0.25) is 0 Å². The van der Waals surface area contributed by atoms with Gasteiger partial charge in [-0.15, -0.1) is 11.3 Å². The van der Waals surface area contributed by atoms with Gasteiger partial charge in [0.25, 0.3) is 5.91 Å². The van der Waals surface area contributed by atoms with E-state index in [1.165, 1.54) is 34.2 Å². The van der Waals surface area contributed by atoms with Crippen molar-refractivity contribution in [1.29, 1.82) is 0 Å². The third-order valence-corrected chi connectivity index (χ3v) is 6.77. The van der Waals surface area contributed by atoms with E-state index >= 15 is 0 Å². The molecule has 5 nitrogen and oxygen atoms in total. The van der Waals surface area contributed by atoms with E-state index < -0.39 is 17.6 Å². The summed E-state index contributed by atoms with van der Waals surface area (Å²) in [5.74, 6) is -0.633. The number of piperazine rings is 1. The van der Waals surface area contributed by atoms with Crippen molar-refractivity contribution >= 4 is 22.9 Å². The Morgan fingerprint density at radius 2 is 1.63 bits per heavy atom. The minimum absolute atomic E-state index is 0.242. The van der Waals surface area contributed by atoms with E-state index in [4.69, 9.17) is 0 Å². The minimum atomic E-state index is -4.41. The van der Waals surface area contributed by atoms with Gasteiger partial charge in [0.1, 0.15) is 17.2 Å². The number of nitrogens with zero attached hydrogens (tertiary/aromatic N) is 4. The SMILES string of the molecule is O=C(c1cc(-c2cccs2)nn1-c1ccc(F)cc1)N1CCN(c2cccc(C(F)(F)F)c2)CC1. The first-order chi connectivity index (χ1) is 16.8. The lowest BCUT2D eigenvalue weighted by Crippen LogP contribution is -2.49. The van der Waals surface area contributed by atoms with Gasteiger partial charge < -0.3 is 9.80 Å². The molecule has 1 fully saturated rings. The second kappa shape index (κ2) is 9.18. The summed E-state index contributed by atoms with van der Waals surface area (Å²) >= 11 is 1.50. The molecule has 1 saturated heterocycles. The molecule has 4 aromatic rings. The molecule has 0 atom stereocenters. The Kier molecular flexibility index (Phi) is 6.06. The fraction of sp³-hybridized carbons (Fsp3) is 0.200. The summed E-state index contributed by atoms with van der Waals surface area (Å²) in [6.07, 6.45) is -4.41. The quantitative estimate of drug-likeness (QED) is 0.337. The fourth-order valence-electron chi connectivity index (χ4n) is 4.07. The van der Waals surface area contributed by atoms with Crippen LogP contribution < -0.4 is 4.90 Å². The zero-order valence-electron chi connectivity index (χ0n) is 18.4. The van der Waals surface area contributed by atoms with Gasteiger partial charge in [-0.2, -0.15) is 18.3 Å². The van der Waals surface area contributed by atoms with Gasteiger partial charge in [-0.05, 0) is 60.0 Å². The van der Waals surface area contributed by atoms with Crippen LogP contribution in [-0.4, -0.2) is 46.8 Å². The molecule has 5 rings (SSSR count). The predicted octanol–water partition coefficient (Wildman–Crippen LogP) is 5.72. The highest BCUT2D eigenvalue weighted by Gasteiger charge is 2.32. The number of amides is 1. The van der Waals surface area contributed by atoms with Crippen molar-refractivity contribution in [2.24, 2.45) is 0 Å². The molecule has 0 unspecified atom stereocenters. The van der Waals surface area contributed by atoms with Crippen molar-refractivity contribution in [3.8, 4) is 16.3 Å². The highest BCUT2D eigenvalue weighted by Crippen LogP contribution is 2.32. The topological polar surface area (TPSA) is 41.4 Å². The van der Waals surface area contributed by atoms with Crippen molar-refractivity contribution in [2.45, 2.75) is 6.18 Å². The van der Waals surface area contributed by atoms with Gasteiger partial charge in [-0.3, -0.25) is 4.79 Å². The number of rotatable bonds is 4. The third kappa shape index (κ3) is 4.79. The standard InChI is InChI=1S/C25H20F4N4OS/c26-18-6-8-19(9-7-18)33-22(16-21(30-33)23-5-2-14-35-23)24(34)32-12-10-31(11-13-32)20-4-1-3-17(15-20)25(27,28)29/h1-9,14-16H,10-13H2. The Balaban J connectivity index is 1.38. The highest BCUT2D eigenvalue weighted by atomic mass is 32.1. The molecule has 0 bridgehead atoms. The minimum Gasteiger partial charge on any atom is -0.368 e. The van der Waals surface area contributed by atoms with Gasteiger partial charge >= 0.3 is 6.18 Å². The molecule has 180 valence electrons. The van der Waals surface area contributed by atoms with E-state index in [0.717, 1.165) is 17.0 Å². The summed E-state index contributed by atoms with van der Waals surface area (Å²) < 4.78 is 54.3. The van der Waals surface area contributed by atoms with Gasteiger partial charge in [0, 0.05) is 31.9 Å². The second-order valence-corrected chi connectivity index (χ2v) is 9.06. The first-order valence-corrected chi connectivity index (χ1v) is 11.8. The Morgan fingerprint density at radius 1 is 0.886 bits per heavy atom. The Hall–Kier alpha value is -3.66. The molecule has 2 aromatic heterocycles. The van der Waals surface area contributed by atoms with Crippen LogP contribution in [0.25, 0.3) is 16.3 Å². The zero-order chi connectivity index (χ0) is 24.6. The summed E-state index contributed by atoms with van der Waals surface area (Å²) in [5.41, 5.74) is 1.31. The number of carbonyl (C=O) groups excluding carboxylic acids is 1. The molecule has 1 aliphatic rings. The molecule has 10 heteroatoms. The number of alkyl halides is 3. The van der Waals surface area contributed by atoms with Crippen molar-refractivity contribution < 1.29 is 22.4 Å². The van der Waals surface area contributed by atoms with Crippen LogP contribution in [0.1, 0.15) is 16.1 Å². The van der Waals surface area contributed by atoms with Crippen LogP contribution in [-0.2, 0) is 6.18 Å². The molecule has 1 amide bonds. The third-order valence-electron chi connectivity index (χ3n) is 5.88. The summed E-state index contributed by atoms with van der Waals surface area (Å²) in [7, 11) is 0. The molecule has 0 saturated carbocycles. The zero-order valence-corrected chi connectivity index (χ0v) is 19.2. The largest absolute Gasteiger partial charge is 0.416 e. The van der Waals surface area contributed by atoms with Gasteiger partial charge in [-0.1, -0.05) is 12.1 Å². The summed E-state index contributed by atoms with van der Waals surface area (Å²) in [6, 6.07) is 16.5. The average Bonchev–Trinajstić information content (AvgIpc) is 3.54. The highest BCUT2D eigenvalue weighted by molar-refractivity contribution is 7.13. The molecule has 0 spiro atoms. The first-order valence-electron chi connectivity index (χ1n) is 10.9. The Morgan fingerprint density at radius 3 is 2.29 bits per heavy atom. The Bertz CT molecular complexity index is 1320. The smallest absolute Gasteiger partial charge is 0.368 e. The molecule has 2 aromatic carbocycles. The number of anilines is 1. The molecule has 1 aliphatic heterocycles. The van der Waals surface area contributed by atoms with E-state index in [1.54, 1.807) is 29.2 Å². The maximum atomic E-state index is 13.5. The molecule has 35 heavy (non-hydrogen) atoms. The van der Waals surface area contributed by atoms with E-state index in [-0.39, 0.29) is 5.91 Å². The number of hydrogen-bond donors (Lipinski definition) is 0. The predicted molar refractivity (Wildman–Crippen MR) is 126 cm³/mol. The number of thiophene rings is 1. The fourth-order valence-corrected chi connectivity index (χ4v) is 4.75.